The molecular weight excluding hydrogens is 446 g/mol. The molecule has 0 radical (unpaired) electrons. The minimum atomic E-state index is -3.60. The summed E-state index contributed by atoms with van der Waals surface area (Å²) in [5, 5.41) is 2.73. The maximum Gasteiger partial charge on any atom is 0.242 e. The molecule has 148 valence electrons. The molecule has 3 rings (SSSR count). The Bertz CT molecular complexity index is 1020. The van der Waals surface area contributed by atoms with Crippen LogP contribution in [0.5, 0.6) is 0 Å². The van der Waals surface area contributed by atoms with Crippen LogP contribution in [0.3, 0.4) is 0 Å². The van der Waals surface area contributed by atoms with Crippen molar-refractivity contribution < 1.29 is 18.0 Å². The lowest BCUT2D eigenvalue weighted by atomic mass is 10.1. The van der Waals surface area contributed by atoms with E-state index in [1.165, 1.54) is 26.2 Å². The van der Waals surface area contributed by atoms with E-state index in [0.717, 1.165) is 14.5 Å². The monoisotopic (exact) mass is 465 g/mol. The van der Waals surface area contributed by atoms with E-state index in [1.807, 2.05) is 24.3 Å². The minimum Gasteiger partial charge on any atom is -0.326 e. The molecular formula is C19H20BrN3O4S. The van der Waals surface area contributed by atoms with Crippen LogP contribution in [-0.4, -0.2) is 45.2 Å². The van der Waals surface area contributed by atoms with Crippen LogP contribution in [0.4, 0.5) is 11.4 Å². The molecule has 1 heterocycles. The number of rotatable bonds is 5. The van der Waals surface area contributed by atoms with Crippen LogP contribution in [0.15, 0.2) is 57.9 Å². The maximum atomic E-state index is 12.6. The average Bonchev–Trinajstić information content (AvgIpc) is 3.04. The Hall–Kier alpha value is -2.23. The molecule has 28 heavy (non-hydrogen) atoms. The molecule has 2 aromatic rings. The summed E-state index contributed by atoms with van der Waals surface area (Å²) < 4.78 is 26.5. The summed E-state index contributed by atoms with van der Waals surface area (Å²) in [6.45, 7) is 0.275. The Kier molecular flexibility index (Phi) is 5.87. The van der Waals surface area contributed by atoms with E-state index in [2.05, 4.69) is 21.2 Å². The Balaban J connectivity index is 1.73. The Morgan fingerprint density at radius 2 is 1.89 bits per heavy atom. The van der Waals surface area contributed by atoms with Crippen molar-refractivity contribution in [3.8, 4) is 0 Å². The molecule has 1 aliphatic heterocycles. The molecule has 1 fully saturated rings. The molecule has 9 heteroatoms. The molecule has 0 aliphatic carbocycles. The second-order valence-electron chi connectivity index (χ2n) is 6.69. The minimum absolute atomic E-state index is 0.0913. The highest BCUT2D eigenvalue weighted by Gasteiger charge is 2.35. The normalized spacial score (nSPS) is 17.2. The third kappa shape index (κ3) is 4.26. The van der Waals surface area contributed by atoms with Crippen molar-refractivity contribution in [1.82, 2.24) is 4.31 Å². The molecule has 1 N–H and O–H groups in total. The van der Waals surface area contributed by atoms with Gasteiger partial charge >= 0.3 is 0 Å². The van der Waals surface area contributed by atoms with Gasteiger partial charge in [0.25, 0.3) is 0 Å². The summed E-state index contributed by atoms with van der Waals surface area (Å²) in [6, 6.07) is 13.4. The number of halogens is 1. The topological polar surface area (TPSA) is 86.8 Å². The van der Waals surface area contributed by atoms with Crippen LogP contribution < -0.4 is 10.2 Å². The second kappa shape index (κ2) is 8.02. The van der Waals surface area contributed by atoms with Crippen LogP contribution in [0.25, 0.3) is 0 Å². The molecule has 1 aliphatic rings. The van der Waals surface area contributed by atoms with Gasteiger partial charge in [-0.05, 0) is 36.4 Å². The molecule has 0 bridgehead atoms. The molecule has 0 spiro atoms. The third-order valence-electron chi connectivity index (χ3n) is 4.50. The van der Waals surface area contributed by atoms with Gasteiger partial charge in [0.1, 0.15) is 0 Å². The highest BCUT2D eigenvalue weighted by molar-refractivity contribution is 9.10. The van der Waals surface area contributed by atoms with Crippen molar-refractivity contribution in [2.75, 3.05) is 30.9 Å². The predicted octanol–water partition coefficient (Wildman–Crippen LogP) is 2.69. The van der Waals surface area contributed by atoms with Gasteiger partial charge in [-0.2, -0.15) is 0 Å². The molecule has 0 saturated carbocycles. The Morgan fingerprint density at radius 3 is 2.57 bits per heavy atom. The molecule has 7 nitrogen and oxygen atoms in total. The lowest BCUT2D eigenvalue weighted by molar-refractivity contribution is -0.122. The molecule has 2 aromatic carbocycles. The number of nitrogens with zero attached hydrogens (tertiary/aromatic N) is 2. The van der Waals surface area contributed by atoms with Crippen LogP contribution in [0, 0.1) is 5.92 Å². The van der Waals surface area contributed by atoms with Gasteiger partial charge in [-0.15, -0.1) is 0 Å². The van der Waals surface area contributed by atoms with Crippen molar-refractivity contribution in [1.29, 1.82) is 0 Å². The number of hydrogen-bond acceptors (Lipinski definition) is 4. The maximum absolute atomic E-state index is 12.6. The summed E-state index contributed by atoms with van der Waals surface area (Å²) in [4.78, 5) is 26.7. The number of sulfonamides is 1. The van der Waals surface area contributed by atoms with Gasteiger partial charge in [0.05, 0.1) is 10.8 Å². The molecule has 2 amide bonds. The number of nitrogens with one attached hydrogen (secondary N) is 1. The van der Waals surface area contributed by atoms with Gasteiger partial charge in [0.15, 0.2) is 0 Å². The van der Waals surface area contributed by atoms with Crippen LogP contribution >= 0.6 is 15.9 Å². The first-order valence-corrected chi connectivity index (χ1v) is 10.8. The Labute approximate surface area is 172 Å². The molecule has 1 atom stereocenters. The van der Waals surface area contributed by atoms with Crippen LogP contribution in [0.1, 0.15) is 6.42 Å². The van der Waals surface area contributed by atoms with E-state index in [4.69, 9.17) is 0 Å². The number of hydrogen-bond donors (Lipinski definition) is 1. The molecule has 1 unspecified atom stereocenters. The van der Waals surface area contributed by atoms with Gasteiger partial charge in [-0.1, -0.05) is 28.1 Å². The largest absolute Gasteiger partial charge is 0.326 e. The van der Waals surface area contributed by atoms with Crippen molar-refractivity contribution in [2.45, 2.75) is 11.3 Å². The first-order valence-electron chi connectivity index (χ1n) is 8.58. The van der Waals surface area contributed by atoms with Gasteiger partial charge in [0.2, 0.25) is 21.8 Å². The van der Waals surface area contributed by atoms with E-state index in [0.29, 0.717) is 5.69 Å². The lowest BCUT2D eigenvalue weighted by Crippen LogP contribution is -2.28. The summed E-state index contributed by atoms with van der Waals surface area (Å²) >= 11 is 3.38. The summed E-state index contributed by atoms with van der Waals surface area (Å²) in [6.07, 6.45) is 0.105. The number of carbonyl (C=O) groups excluding carboxylic acids is 2. The van der Waals surface area contributed by atoms with E-state index in [1.54, 1.807) is 17.0 Å². The predicted molar refractivity (Wildman–Crippen MR) is 111 cm³/mol. The first kappa shape index (κ1) is 20.5. The van der Waals surface area contributed by atoms with Crippen molar-refractivity contribution in [3.63, 3.8) is 0 Å². The van der Waals surface area contributed by atoms with Gasteiger partial charge in [-0.25, -0.2) is 12.7 Å². The van der Waals surface area contributed by atoms with Gasteiger partial charge < -0.3 is 10.2 Å². The number of benzene rings is 2. The third-order valence-corrected chi connectivity index (χ3v) is 6.80. The molecule has 1 saturated heterocycles. The standard InChI is InChI=1S/C19H20BrN3O4S/c1-22(2)28(26,27)17-8-4-6-15(11-17)21-19(25)13-9-18(24)23(12-13)16-7-3-5-14(20)10-16/h3-8,10-11,13H,9,12H2,1-2H3,(H,21,25). The van der Waals surface area contributed by atoms with Crippen molar-refractivity contribution >= 4 is 49.1 Å². The summed E-state index contributed by atoms with van der Waals surface area (Å²) in [7, 11) is -0.705. The fraction of sp³-hybridized carbons (Fsp3) is 0.263. The van der Waals surface area contributed by atoms with E-state index >= 15 is 0 Å². The van der Waals surface area contributed by atoms with Gasteiger partial charge in [-0.3, -0.25) is 9.59 Å². The fourth-order valence-corrected chi connectivity index (χ4v) is 4.30. The van der Waals surface area contributed by atoms with Gasteiger partial charge in [0, 0.05) is 42.9 Å². The summed E-state index contributed by atoms with van der Waals surface area (Å²) in [5.74, 6) is -0.951. The smallest absolute Gasteiger partial charge is 0.242 e. The fourth-order valence-electron chi connectivity index (χ4n) is 2.97. The summed E-state index contributed by atoms with van der Waals surface area (Å²) in [5.41, 5.74) is 1.11. The van der Waals surface area contributed by atoms with E-state index < -0.39 is 15.9 Å². The second-order valence-corrected chi connectivity index (χ2v) is 9.76. The molecule has 0 aromatic heterocycles. The Morgan fingerprint density at radius 1 is 1.18 bits per heavy atom. The average molecular weight is 466 g/mol. The SMILES string of the molecule is CN(C)S(=O)(=O)c1cccc(NC(=O)C2CC(=O)N(c3cccc(Br)c3)C2)c1. The number of carbonyl (C=O) groups is 2. The highest BCUT2D eigenvalue weighted by Crippen LogP contribution is 2.28. The van der Waals surface area contributed by atoms with E-state index in [-0.39, 0.29) is 29.7 Å². The van der Waals surface area contributed by atoms with Crippen molar-refractivity contribution in [2.24, 2.45) is 5.92 Å². The number of anilines is 2. The zero-order valence-corrected chi connectivity index (χ0v) is 17.8. The van der Waals surface area contributed by atoms with Crippen molar-refractivity contribution in [3.05, 3.63) is 53.0 Å². The van der Waals surface area contributed by atoms with Crippen LogP contribution in [0.2, 0.25) is 0 Å². The number of amides is 2. The zero-order chi connectivity index (χ0) is 20.5. The van der Waals surface area contributed by atoms with Crippen LogP contribution in [-0.2, 0) is 19.6 Å². The van der Waals surface area contributed by atoms with E-state index in [9.17, 15) is 18.0 Å². The first-order chi connectivity index (χ1) is 13.2. The highest BCUT2D eigenvalue weighted by atomic mass is 79.9. The lowest BCUT2D eigenvalue weighted by Gasteiger charge is -2.17. The quantitative estimate of drug-likeness (QED) is 0.734. The zero-order valence-electron chi connectivity index (χ0n) is 15.4.